The van der Waals surface area contributed by atoms with Crippen molar-refractivity contribution in [1.29, 1.82) is 0 Å². The standard InChI is InChI=1S/C26H19F3N4O/c1-17-32-24(19-10-6-3-7-11-19)23(25-30-16-31-33(17)25)20-12-13-22(21(14-20)26(27,28)29)34-15-18-8-4-2-5-9-18/h2-14,16H,15H2,1H3. The fraction of sp³-hybridized carbons (Fsp3) is 0.115. The zero-order valence-corrected chi connectivity index (χ0v) is 18.1. The van der Waals surface area contributed by atoms with Gasteiger partial charge in [0.2, 0.25) is 0 Å². The minimum atomic E-state index is -4.61. The molecular formula is C26H19F3N4O. The van der Waals surface area contributed by atoms with Crippen LogP contribution >= 0.6 is 0 Å². The van der Waals surface area contributed by atoms with Crippen molar-refractivity contribution in [3.8, 4) is 28.1 Å². The quantitative estimate of drug-likeness (QED) is 0.306. The van der Waals surface area contributed by atoms with Gasteiger partial charge in [-0.1, -0.05) is 66.7 Å². The number of aryl methyl sites for hydroxylation is 1. The number of hydrogen-bond donors (Lipinski definition) is 0. The van der Waals surface area contributed by atoms with Gasteiger partial charge in [0, 0.05) is 5.56 Å². The molecule has 0 N–H and O–H groups in total. The predicted octanol–water partition coefficient (Wildman–Crippen LogP) is 6.36. The smallest absolute Gasteiger partial charge is 0.419 e. The van der Waals surface area contributed by atoms with E-state index in [0.29, 0.717) is 28.3 Å². The number of fused-ring (bicyclic) bond motifs is 1. The van der Waals surface area contributed by atoms with Crippen LogP contribution in [0.2, 0.25) is 0 Å². The molecule has 34 heavy (non-hydrogen) atoms. The fourth-order valence-electron chi connectivity index (χ4n) is 3.86. The summed E-state index contributed by atoms with van der Waals surface area (Å²) in [5.41, 5.74) is 2.43. The fourth-order valence-corrected chi connectivity index (χ4v) is 3.86. The van der Waals surface area contributed by atoms with Gasteiger partial charge in [-0.05, 0) is 30.2 Å². The first-order chi connectivity index (χ1) is 16.4. The van der Waals surface area contributed by atoms with E-state index in [1.807, 2.05) is 48.5 Å². The van der Waals surface area contributed by atoms with Gasteiger partial charge in [-0.25, -0.2) is 9.97 Å². The Morgan fingerprint density at radius 3 is 2.29 bits per heavy atom. The minimum Gasteiger partial charge on any atom is -0.488 e. The Balaban J connectivity index is 1.66. The highest BCUT2D eigenvalue weighted by Crippen LogP contribution is 2.41. The third-order valence-corrected chi connectivity index (χ3v) is 5.45. The zero-order chi connectivity index (χ0) is 23.7. The summed E-state index contributed by atoms with van der Waals surface area (Å²) in [6.07, 6.45) is -3.25. The van der Waals surface area contributed by atoms with E-state index in [4.69, 9.17) is 4.74 Å². The van der Waals surface area contributed by atoms with Crippen molar-refractivity contribution in [2.24, 2.45) is 0 Å². The van der Waals surface area contributed by atoms with E-state index in [0.717, 1.165) is 17.2 Å². The maximum absolute atomic E-state index is 14.1. The Labute approximate surface area is 193 Å². The first kappa shape index (κ1) is 21.6. The van der Waals surface area contributed by atoms with Crippen molar-refractivity contribution >= 4 is 5.65 Å². The van der Waals surface area contributed by atoms with Crippen LogP contribution in [0.3, 0.4) is 0 Å². The molecule has 3 aromatic carbocycles. The minimum absolute atomic E-state index is 0.0268. The number of halogens is 3. The molecule has 2 heterocycles. The molecule has 0 unspecified atom stereocenters. The average Bonchev–Trinajstić information content (AvgIpc) is 3.34. The molecule has 5 aromatic rings. The van der Waals surface area contributed by atoms with E-state index in [-0.39, 0.29) is 12.4 Å². The summed E-state index contributed by atoms with van der Waals surface area (Å²) in [7, 11) is 0. The summed E-state index contributed by atoms with van der Waals surface area (Å²) < 4.78 is 49.3. The van der Waals surface area contributed by atoms with Gasteiger partial charge >= 0.3 is 6.18 Å². The van der Waals surface area contributed by atoms with E-state index < -0.39 is 11.7 Å². The topological polar surface area (TPSA) is 52.3 Å². The molecule has 0 saturated carbocycles. The lowest BCUT2D eigenvalue weighted by molar-refractivity contribution is -0.139. The van der Waals surface area contributed by atoms with Gasteiger partial charge in [0.05, 0.1) is 16.8 Å². The van der Waals surface area contributed by atoms with Crippen molar-refractivity contribution < 1.29 is 17.9 Å². The van der Waals surface area contributed by atoms with Crippen molar-refractivity contribution in [3.63, 3.8) is 0 Å². The number of rotatable bonds is 5. The van der Waals surface area contributed by atoms with Gasteiger partial charge in [-0.15, -0.1) is 0 Å². The van der Waals surface area contributed by atoms with E-state index >= 15 is 0 Å². The summed E-state index contributed by atoms with van der Waals surface area (Å²) in [6, 6.07) is 22.4. The largest absolute Gasteiger partial charge is 0.488 e. The monoisotopic (exact) mass is 460 g/mol. The Morgan fingerprint density at radius 1 is 0.882 bits per heavy atom. The van der Waals surface area contributed by atoms with Crippen LogP contribution in [0.25, 0.3) is 28.0 Å². The van der Waals surface area contributed by atoms with E-state index in [2.05, 4.69) is 15.1 Å². The molecule has 0 radical (unpaired) electrons. The van der Waals surface area contributed by atoms with Crippen molar-refractivity contribution in [3.05, 3.63) is 102 Å². The Bertz CT molecular complexity index is 1450. The summed E-state index contributed by atoms with van der Waals surface area (Å²) >= 11 is 0. The number of benzene rings is 3. The molecule has 0 spiro atoms. The second kappa shape index (κ2) is 8.62. The highest BCUT2D eigenvalue weighted by Gasteiger charge is 2.35. The molecule has 0 saturated heterocycles. The van der Waals surface area contributed by atoms with Gasteiger partial charge in [0.25, 0.3) is 0 Å². The van der Waals surface area contributed by atoms with Crippen LogP contribution < -0.4 is 4.74 Å². The molecule has 5 nitrogen and oxygen atoms in total. The summed E-state index contributed by atoms with van der Waals surface area (Å²) in [5, 5.41) is 4.19. The molecule has 170 valence electrons. The molecule has 8 heteroatoms. The first-order valence-electron chi connectivity index (χ1n) is 10.6. The first-order valence-corrected chi connectivity index (χ1v) is 10.6. The second-order valence-electron chi connectivity index (χ2n) is 7.73. The molecule has 0 bridgehead atoms. The maximum atomic E-state index is 14.1. The third kappa shape index (κ3) is 4.10. The van der Waals surface area contributed by atoms with Gasteiger partial charge in [-0.3, -0.25) is 0 Å². The van der Waals surface area contributed by atoms with Crippen LogP contribution in [-0.4, -0.2) is 19.6 Å². The van der Waals surface area contributed by atoms with Crippen LogP contribution in [0.15, 0.2) is 85.2 Å². The number of aromatic nitrogens is 4. The van der Waals surface area contributed by atoms with Gasteiger partial charge in [0.15, 0.2) is 5.65 Å². The Hall–Kier alpha value is -4.20. The highest BCUT2D eigenvalue weighted by atomic mass is 19.4. The SMILES string of the molecule is Cc1nc(-c2ccccc2)c(-c2ccc(OCc3ccccc3)c(C(F)(F)F)c2)c2ncnn12. The zero-order valence-electron chi connectivity index (χ0n) is 18.1. The van der Waals surface area contributed by atoms with Crippen LogP contribution in [0.5, 0.6) is 5.75 Å². The Morgan fingerprint density at radius 2 is 1.59 bits per heavy atom. The van der Waals surface area contributed by atoms with Gasteiger partial charge in [0.1, 0.15) is 24.5 Å². The van der Waals surface area contributed by atoms with Gasteiger partial charge < -0.3 is 4.74 Å². The number of alkyl halides is 3. The molecule has 0 amide bonds. The van der Waals surface area contributed by atoms with Crippen molar-refractivity contribution in [1.82, 2.24) is 19.6 Å². The molecule has 0 atom stereocenters. The lowest BCUT2D eigenvalue weighted by Crippen LogP contribution is -2.10. The molecule has 5 rings (SSSR count). The number of ether oxygens (including phenoxy) is 1. The van der Waals surface area contributed by atoms with Crippen LogP contribution in [0.1, 0.15) is 17.0 Å². The van der Waals surface area contributed by atoms with Crippen LogP contribution in [0, 0.1) is 6.92 Å². The van der Waals surface area contributed by atoms with Crippen LogP contribution in [0.4, 0.5) is 13.2 Å². The van der Waals surface area contributed by atoms with Crippen molar-refractivity contribution in [2.75, 3.05) is 0 Å². The van der Waals surface area contributed by atoms with Crippen LogP contribution in [-0.2, 0) is 12.8 Å². The number of hydrogen-bond acceptors (Lipinski definition) is 4. The normalized spacial score (nSPS) is 11.6. The summed E-state index contributed by atoms with van der Waals surface area (Å²) in [4.78, 5) is 8.99. The summed E-state index contributed by atoms with van der Waals surface area (Å²) in [5.74, 6) is 0.341. The summed E-state index contributed by atoms with van der Waals surface area (Å²) in [6.45, 7) is 1.80. The molecular weight excluding hydrogens is 441 g/mol. The average molecular weight is 460 g/mol. The second-order valence-corrected chi connectivity index (χ2v) is 7.73. The third-order valence-electron chi connectivity index (χ3n) is 5.45. The number of nitrogens with zero attached hydrogens (tertiary/aromatic N) is 4. The lowest BCUT2D eigenvalue weighted by Gasteiger charge is -2.17. The van der Waals surface area contributed by atoms with Gasteiger partial charge in [-0.2, -0.15) is 22.8 Å². The molecule has 0 aliphatic carbocycles. The van der Waals surface area contributed by atoms with Crippen molar-refractivity contribution in [2.45, 2.75) is 19.7 Å². The van der Waals surface area contributed by atoms with E-state index in [9.17, 15) is 13.2 Å². The lowest BCUT2D eigenvalue weighted by atomic mass is 9.97. The maximum Gasteiger partial charge on any atom is 0.419 e. The molecule has 0 fully saturated rings. The molecule has 0 aliphatic heterocycles. The molecule has 0 aliphatic rings. The van der Waals surface area contributed by atoms with E-state index in [1.165, 1.54) is 16.9 Å². The Kier molecular flexibility index (Phi) is 5.49. The molecule has 2 aromatic heterocycles. The highest BCUT2D eigenvalue weighted by molar-refractivity contribution is 5.90. The van der Waals surface area contributed by atoms with E-state index in [1.54, 1.807) is 25.1 Å². The predicted molar refractivity (Wildman–Crippen MR) is 122 cm³/mol.